The summed E-state index contributed by atoms with van der Waals surface area (Å²) >= 11 is 4.95. The molecule has 0 bridgehead atoms. The van der Waals surface area contributed by atoms with E-state index >= 15 is 0 Å². The van der Waals surface area contributed by atoms with Gasteiger partial charge in [0.1, 0.15) is 4.60 Å². The van der Waals surface area contributed by atoms with Crippen molar-refractivity contribution in [3.05, 3.63) is 9.98 Å². The van der Waals surface area contributed by atoms with Crippen molar-refractivity contribution in [1.82, 2.24) is 4.98 Å². The van der Waals surface area contributed by atoms with Gasteiger partial charge in [-0.25, -0.2) is 4.98 Å². The maximum atomic E-state index is 11.7. The van der Waals surface area contributed by atoms with Gasteiger partial charge in [-0.05, 0) is 15.9 Å². The lowest BCUT2D eigenvalue weighted by molar-refractivity contribution is -0.105. The van der Waals surface area contributed by atoms with E-state index < -0.39 is 11.9 Å². The molecule has 0 aromatic carbocycles. The van der Waals surface area contributed by atoms with E-state index in [1.807, 2.05) is 0 Å². The van der Waals surface area contributed by atoms with E-state index in [9.17, 15) is 13.2 Å². The first-order chi connectivity index (χ1) is 5.47. The van der Waals surface area contributed by atoms with Crippen LogP contribution in [0, 0.1) is 0 Å². The number of nitrogens with zero attached hydrogens (tertiary/aromatic N) is 1. The Morgan fingerprint density at radius 3 is 2.67 bits per heavy atom. The maximum Gasteiger partial charge on any atom is 0.398 e. The van der Waals surface area contributed by atoms with Crippen LogP contribution in [0.25, 0.3) is 0 Å². The molecule has 0 saturated heterocycles. The number of thiazole rings is 1. The van der Waals surface area contributed by atoms with Crippen molar-refractivity contribution in [2.45, 2.75) is 10.5 Å². The van der Waals surface area contributed by atoms with Crippen LogP contribution in [-0.4, -0.2) is 16.9 Å². The summed E-state index contributed by atoms with van der Waals surface area (Å²) < 4.78 is 36.1. The van der Waals surface area contributed by atoms with Gasteiger partial charge in [-0.3, -0.25) is 0 Å². The van der Waals surface area contributed by atoms with Crippen LogP contribution in [0.2, 0.25) is 0 Å². The monoisotopic (exact) mass is 277 g/mol. The molecule has 0 atom stereocenters. The lowest BCUT2D eigenvalue weighted by Gasteiger charge is -2.02. The van der Waals surface area contributed by atoms with Crippen LogP contribution < -0.4 is 0 Å². The van der Waals surface area contributed by atoms with Crippen molar-refractivity contribution in [1.29, 1.82) is 0 Å². The fourth-order valence-electron chi connectivity index (χ4n) is 0.449. The predicted octanol–water partition coefficient (Wildman–Crippen LogP) is 3.56. The molecule has 1 aromatic rings. The van der Waals surface area contributed by atoms with Crippen LogP contribution in [0.1, 0.15) is 0 Å². The van der Waals surface area contributed by atoms with E-state index in [-0.39, 0.29) is 0 Å². The molecule has 0 radical (unpaired) electrons. The van der Waals surface area contributed by atoms with Crippen LogP contribution in [0.15, 0.2) is 14.3 Å². The Kier molecular flexibility index (Phi) is 3.42. The SMILES string of the molecule is FC(F)(F)CSc1nc(Br)cs1. The first kappa shape index (κ1) is 10.3. The Balaban J connectivity index is 2.44. The van der Waals surface area contributed by atoms with Crippen LogP contribution in [-0.2, 0) is 0 Å². The van der Waals surface area contributed by atoms with Crippen LogP contribution in [0.3, 0.4) is 0 Å². The molecule has 0 aliphatic rings. The second-order valence-corrected chi connectivity index (χ2v) is 4.73. The Morgan fingerprint density at radius 1 is 1.58 bits per heavy atom. The molecule has 0 amide bonds. The summed E-state index contributed by atoms with van der Waals surface area (Å²) in [6, 6.07) is 0. The zero-order chi connectivity index (χ0) is 9.19. The molecule has 0 aliphatic carbocycles. The average Bonchev–Trinajstić information content (AvgIpc) is 2.30. The molecular weight excluding hydrogens is 275 g/mol. The van der Waals surface area contributed by atoms with Crippen molar-refractivity contribution in [2.24, 2.45) is 0 Å². The molecule has 1 nitrogen and oxygen atoms in total. The molecule has 7 heteroatoms. The molecule has 0 N–H and O–H groups in total. The molecule has 68 valence electrons. The number of rotatable bonds is 2. The quantitative estimate of drug-likeness (QED) is 0.767. The van der Waals surface area contributed by atoms with E-state index in [0.29, 0.717) is 20.7 Å². The van der Waals surface area contributed by atoms with Crippen LogP contribution in [0.4, 0.5) is 13.2 Å². The summed E-state index contributed by atoms with van der Waals surface area (Å²) in [7, 11) is 0. The molecule has 0 fully saturated rings. The second kappa shape index (κ2) is 3.97. The Morgan fingerprint density at radius 2 is 2.25 bits per heavy atom. The Bertz CT molecular complexity index is 259. The van der Waals surface area contributed by atoms with Gasteiger partial charge >= 0.3 is 6.18 Å². The van der Waals surface area contributed by atoms with E-state index in [0.717, 1.165) is 0 Å². The van der Waals surface area contributed by atoms with Gasteiger partial charge in [-0.2, -0.15) is 13.2 Å². The highest BCUT2D eigenvalue weighted by Crippen LogP contribution is 2.30. The fourth-order valence-corrected chi connectivity index (χ4v) is 2.59. The van der Waals surface area contributed by atoms with E-state index in [4.69, 9.17) is 0 Å². The second-order valence-electron chi connectivity index (χ2n) is 1.84. The summed E-state index contributed by atoms with van der Waals surface area (Å²) in [5.41, 5.74) is 0. The minimum absolute atomic E-state index is 0.430. The summed E-state index contributed by atoms with van der Waals surface area (Å²) in [5.74, 6) is -0.882. The van der Waals surface area contributed by atoms with Gasteiger partial charge in [-0.1, -0.05) is 11.8 Å². The zero-order valence-electron chi connectivity index (χ0n) is 5.56. The van der Waals surface area contributed by atoms with Crippen LogP contribution in [0.5, 0.6) is 0 Å². The van der Waals surface area contributed by atoms with Crippen molar-refractivity contribution in [3.8, 4) is 0 Å². The molecule has 0 spiro atoms. The third kappa shape index (κ3) is 3.77. The number of hydrogen-bond donors (Lipinski definition) is 0. The number of aromatic nitrogens is 1. The number of thioether (sulfide) groups is 1. The third-order valence-electron chi connectivity index (χ3n) is 0.814. The molecule has 12 heavy (non-hydrogen) atoms. The highest BCUT2D eigenvalue weighted by Gasteiger charge is 2.27. The van der Waals surface area contributed by atoms with E-state index in [1.165, 1.54) is 11.3 Å². The van der Waals surface area contributed by atoms with Crippen molar-refractivity contribution in [2.75, 3.05) is 5.75 Å². The standard InChI is InChI=1S/C5H3BrF3NS2/c6-3-1-11-4(10-3)12-2-5(7,8)9/h1H,2H2. The maximum absolute atomic E-state index is 11.7. The number of hydrogen-bond acceptors (Lipinski definition) is 3. The van der Waals surface area contributed by atoms with Gasteiger partial charge in [0, 0.05) is 5.38 Å². The summed E-state index contributed by atoms with van der Waals surface area (Å²) in [6.45, 7) is 0. The highest BCUT2D eigenvalue weighted by molar-refractivity contribution is 9.10. The van der Waals surface area contributed by atoms with E-state index in [1.54, 1.807) is 5.38 Å². The molecule has 1 rings (SSSR count). The van der Waals surface area contributed by atoms with Gasteiger partial charge < -0.3 is 0 Å². The lowest BCUT2D eigenvalue weighted by atomic mass is 10.8. The van der Waals surface area contributed by atoms with Gasteiger partial charge in [-0.15, -0.1) is 11.3 Å². The largest absolute Gasteiger partial charge is 0.398 e. The molecule has 1 heterocycles. The van der Waals surface area contributed by atoms with Gasteiger partial charge in [0.25, 0.3) is 0 Å². The van der Waals surface area contributed by atoms with Crippen LogP contribution >= 0.6 is 39.0 Å². The van der Waals surface area contributed by atoms with Crippen molar-refractivity contribution < 1.29 is 13.2 Å². The highest BCUT2D eigenvalue weighted by atomic mass is 79.9. The minimum Gasteiger partial charge on any atom is -0.223 e. The first-order valence-electron chi connectivity index (χ1n) is 2.78. The molecule has 0 saturated carbocycles. The Hall–Kier alpha value is 0.250. The molecule has 0 unspecified atom stereocenters. The number of halogens is 4. The predicted molar refractivity (Wildman–Crippen MR) is 46.6 cm³/mol. The van der Waals surface area contributed by atoms with Gasteiger partial charge in [0.05, 0.1) is 5.75 Å². The zero-order valence-corrected chi connectivity index (χ0v) is 8.78. The fraction of sp³-hybridized carbons (Fsp3) is 0.400. The van der Waals surface area contributed by atoms with E-state index in [2.05, 4.69) is 20.9 Å². The smallest absolute Gasteiger partial charge is 0.223 e. The number of alkyl halides is 3. The third-order valence-corrected chi connectivity index (χ3v) is 3.61. The normalized spacial score (nSPS) is 12.0. The van der Waals surface area contributed by atoms with Gasteiger partial charge in [0.15, 0.2) is 4.34 Å². The summed E-state index contributed by atoms with van der Waals surface area (Å²) in [6.07, 6.45) is -4.12. The first-order valence-corrected chi connectivity index (χ1v) is 5.44. The molecule has 0 aliphatic heterocycles. The topological polar surface area (TPSA) is 12.9 Å². The van der Waals surface area contributed by atoms with Gasteiger partial charge in [0.2, 0.25) is 0 Å². The van der Waals surface area contributed by atoms with Crippen molar-refractivity contribution in [3.63, 3.8) is 0 Å². The summed E-state index contributed by atoms with van der Waals surface area (Å²) in [5, 5.41) is 1.65. The lowest BCUT2D eigenvalue weighted by Crippen LogP contribution is -2.10. The van der Waals surface area contributed by atoms with Crippen molar-refractivity contribution >= 4 is 39.0 Å². The summed E-state index contributed by atoms with van der Waals surface area (Å²) in [4.78, 5) is 3.81. The molecular formula is C5H3BrF3NS2. The average molecular weight is 278 g/mol. The minimum atomic E-state index is -4.12. The Labute approximate surface area is 83.5 Å². The molecule has 1 aromatic heterocycles.